The lowest BCUT2D eigenvalue weighted by Gasteiger charge is -2.38. The highest BCUT2D eigenvalue weighted by Gasteiger charge is 2.31. The number of nitrogens with zero attached hydrogens (tertiary/aromatic N) is 2. The van der Waals surface area contributed by atoms with Crippen molar-refractivity contribution in [2.24, 2.45) is 11.8 Å². The van der Waals surface area contributed by atoms with Gasteiger partial charge in [0.15, 0.2) is 0 Å². The van der Waals surface area contributed by atoms with E-state index < -0.39 is 0 Å². The SMILES string of the molecule is C[C@H]1C[C@@H](C(=O)N2CCC(CN3CCOCC3)CC2)CCN1. The Balaban J connectivity index is 1.41. The highest BCUT2D eigenvalue weighted by Crippen LogP contribution is 2.24. The Bertz CT molecular complexity index is 363. The molecule has 0 unspecified atom stereocenters. The van der Waals surface area contributed by atoms with Crippen LogP contribution in [0.5, 0.6) is 0 Å². The molecule has 0 radical (unpaired) electrons. The zero-order chi connectivity index (χ0) is 15.4. The number of hydrogen-bond acceptors (Lipinski definition) is 4. The minimum absolute atomic E-state index is 0.257. The second kappa shape index (κ2) is 7.75. The largest absolute Gasteiger partial charge is 0.379 e. The quantitative estimate of drug-likeness (QED) is 0.843. The van der Waals surface area contributed by atoms with Crippen LogP contribution in [-0.4, -0.2) is 74.2 Å². The van der Waals surface area contributed by atoms with Gasteiger partial charge in [0.1, 0.15) is 0 Å². The van der Waals surface area contributed by atoms with Gasteiger partial charge in [-0.2, -0.15) is 0 Å². The van der Waals surface area contributed by atoms with Gasteiger partial charge in [0, 0.05) is 44.7 Å². The standard InChI is InChI=1S/C17H31N3O2/c1-14-12-16(2-5-18-14)17(21)20-6-3-15(4-7-20)13-19-8-10-22-11-9-19/h14-16,18H,2-13H2,1H3/t14-,16-/m0/s1. The molecule has 5 heteroatoms. The summed E-state index contributed by atoms with van der Waals surface area (Å²) in [5.41, 5.74) is 0. The summed E-state index contributed by atoms with van der Waals surface area (Å²) in [6.07, 6.45) is 4.36. The van der Waals surface area contributed by atoms with Crippen LogP contribution in [0.2, 0.25) is 0 Å². The number of amides is 1. The number of carbonyl (C=O) groups excluding carboxylic acids is 1. The molecule has 0 saturated carbocycles. The van der Waals surface area contributed by atoms with Gasteiger partial charge in [0.05, 0.1) is 13.2 Å². The van der Waals surface area contributed by atoms with E-state index in [0.717, 1.165) is 64.7 Å². The second-order valence-electron chi connectivity index (χ2n) is 7.26. The van der Waals surface area contributed by atoms with E-state index in [1.165, 1.54) is 19.4 Å². The van der Waals surface area contributed by atoms with E-state index >= 15 is 0 Å². The minimum atomic E-state index is 0.257. The first kappa shape index (κ1) is 16.2. The summed E-state index contributed by atoms with van der Waals surface area (Å²) < 4.78 is 5.41. The van der Waals surface area contributed by atoms with Crippen LogP contribution in [0.15, 0.2) is 0 Å². The summed E-state index contributed by atoms with van der Waals surface area (Å²) in [5, 5.41) is 3.44. The van der Waals surface area contributed by atoms with E-state index in [-0.39, 0.29) is 5.92 Å². The van der Waals surface area contributed by atoms with Crippen LogP contribution in [0.3, 0.4) is 0 Å². The average molecular weight is 309 g/mol. The summed E-state index contributed by atoms with van der Waals surface area (Å²) in [7, 11) is 0. The molecule has 3 saturated heterocycles. The molecule has 3 heterocycles. The maximum atomic E-state index is 12.7. The molecule has 3 aliphatic heterocycles. The highest BCUT2D eigenvalue weighted by atomic mass is 16.5. The third kappa shape index (κ3) is 4.21. The van der Waals surface area contributed by atoms with Gasteiger partial charge in [-0.1, -0.05) is 0 Å². The van der Waals surface area contributed by atoms with Crippen LogP contribution in [0, 0.1) is 11.8 Å². The van der Waals surface area contributed by atoms with E-state index in [1.807, 2.05) is 0 Å². The summed E-state index contributed by atoms with van der Waals surface area (Å²) in [5.74, 6) is 1.43. The van der Waals surface area contributed by atoms with Crippen molar-refractivity contribution in [1.82, 2.24) is 15.1 Å². The molecule has 5 nitrogen and oxygen atoms in total. The summed E-state index contributed by atoms with van der Waals surface area (Å²) >= 11 is 0. The van der Waals surface area contributed by atoms with Gasteiger partial charge in [-0.05, 0) is 45.1 Å². The Morgan fingerprint density at radius 2 is 1.86 bits per heavy atom. The van der Waals surface area contributed by atoms with E-state index in [2.05, 4.69) is 22.0 Å². The predicted octanol–water partition coefficient (Wildman–Crippen LogP) is 0.945. The number of morpholine rings is 1. The maximum absolute atomic E-state index is 12.7. The molecular formula is C17H31N3O2. The Morgan fingerprint density at radius 3 is 2.55 bits per heavy atom. The Labute approximate surface area is 134 Å². The lowest BCUT2D eigenvalue weighted by atomic mass is 9.90. The van der Waals surface area contributed by atoms with Crippen molar-refractivity contribution < 1.29 is 9.53 Å². The van der Waals surface area contributed by atoms with Gasteiger partial charge < -0.3 is 15.0 Å². The molecule has 0 aliphatic carbocycles. The van der Waals surface area contributed by atoms with Crippen molar-refractivity contribution in [1.29, 1.82) is 0 Å². The Kier molecular flexibility index (Phi) is 5.71. The summed E-state index contributed by atoms with van der Waals surface area (Å²) in [6.45, 7) is 10.2. The van der Waals surface area contributed by atoms with Gasteiger partial charge in [0.2, 0.25) is 5.91 Å². The molecule has 3 rings (SSSR count). The molecule has 0 aromatic rings. The Morgan fingerprint density at radius 1 is 1.14 bits per heavy atom. The molecule has 0 spiro atoms. The fourth-order valence-electron chi connectivity index (χ4n) is 4.10. The van der Waals surface area contributed by atoms with E-state index in [0.29, 0.717) is 11.9 Å². The smallest absolute Gasteiger partial charge is 0.225 e. The normalized spacial score (nSPS) is 32.1. The van der Waals surface area contributed by atoms with Crippen LogP contribution in [0.1, 0.15) is 32.6 Å². The molecular weight excluding hydrogens is 278 g/mol. The topological polar surface area (TPSA) is 44.8 Å². The molecule has 22 heavy (non-hydrogen) atoms. The average Bonchev–Trinajstić information content (AvgIpc) is 2.56. The molecule has 0 bridgehead atoms. The Hall–Kier alpha value is -0.650. The van der Waals surface area contributed by atoms with Crippen LogP contribution < -0.4 is 5.32 Å². The molecule has 126 valence electrons. The van der Waals surface area contributed by atoms with E-state index in [4.69, 9.17) is 4.74 Å². The fraction of sp³-hybridized carbons (Fsp3) is 0.941. The third-order valence-corrected chi connectivity index (χ3v) is 5.52. The van der Waals surface area contributed by atoms with Crippen molar-refractivity contribution in [2.75, 3.05) is 52.5 Å². The number of piperidine rings is 2. The van der Waals surface area contributed by atoms with Crippen molar-refractivity contribution in [3.05, 3.63) is 0 Å². The van der Waals surface area contributed by atoms with E-state index in [1.54, 1.807) is 0 Å². The van der Waals surface area contributed by atoms with Crippen LogP contribution in [0.4, 0.5) is 0 Å². The lowest BCUT2D eigenvalue weighted by molar-refractivity contribution is -0.138. The van der Waals surface area contributed by atoms with Crippen LogP contribution in [-0.2, 0) is 9.53 Å². The number of likely N-dealkylation sites (tertiary alicyclic amines) is 1. The predicted molar refractivity (Wildman–Crippen MR) is 86.8 cm³/mol. The third-order valence-electron chi connectivity index (χ3n) is 5.52. The zero-order valence-corrected chi connectivity index (χ0v) is 13.9. The number of ether oxygens (including phenoxy) is 1. The number of hydrogen-bond donors (Lipinski definition) is 1. The number of nitrogens with one attached hydrogen (secondary N) is 1. The van der Waals surface area contributed by atoms with Gasteiger partial charge in [-0.25, -0.2) is 0 Å². The molecule has 2 atom stereocenters. The van der Waals surface area contributed by atoms with E-state index in [9.17, 15) is 4.79 Å². The monoisotopic (exact) mass is 309 g/mol. The molecule has 3 aliphatic rings. The maximum Gasteiger partial charge on any atom is 0.225 e. The first-order valence-electron chi connectivity index (χ1n) is 9.04. The summed E-state index contributed by atoms with van der Waals surface area (Å²) in [6, 6.07) is 0.488. The number of carbonyl (C=O) groups is 1. The van der Waals surface area contributed by atoms with Gasteiger partial charge >= 0.3 is 0 Å². The molecule has 0 aromatic carbocycles. The zero-order valence-electron chi connectivity index (χ0n) is 13.9. The van der Waals surface area contributed by atoms with Crippen molar-refractivity contribution in [3.63, 3.8) is 0 Å². The fourth-order valence-corrected chi connectivity index (χ4v) is 4.10. The lowest BCUT2D eigenvalue weighted by Crippen LogP contribution is -2.48. The first-order chi connectivity index (χ1) is 10.7. The first-order valence-corrected chi connectivity index (χ1v) is 9.04. The minimum Gasteiger partial charge on any atom is -0.379 e. The van der Waals surface area contributed by atoms with Crippen molar-refractivity contribution in [2.45, 2.75) is 38.6 Å². The number of rotatable bonds is 3. The molecule has 1 N–H and O–H groups in total. The van der Waals surface area contributed by atoms with Gasteiger partial charge in [0.25, 0.3) is 0 Å². The van der Waals surface area contributed by atoms with Gasteiger partial charge in [-0.3, -0.25) is 9.69 Å². The van der Waals surface area contributed by atoms with Crippen molar-refractivity contribution >= 4 is 5.91 Å². The molecule has 1 amide bonds. The van der Waals surface area contributed by atoms with Gasteiger partial charge in [-0.15, -0.1) is 0 Å². The summed E-state index contributed by atoms with van der Waals surface area (Å²) in [4.78, 5) is 17.3. The highest BCUT2D eigenvalue weighted by molar-refractivity contribution is 5.79. The van der Waals surface area contributed by atoms with Crippen LogP contribution in [0.25, 0.3) is 0 Å². The second-order valence-corrected chi connectivity index (χ2v) is 7.26. The van der Waals surface area contributed by atoms with Crippen LogP contribution >= 0.6 is 0 Å². The molecule has 3 fully saturated rings. The van der Waals surface area contributed by atoms with Crippen molar-refractivity contribution in [3.8, 4) is 0 Å². The molecule has 0 aromatic heterocycles.